The largest absolute Gasteiger partial charge is 0.492 e. The number of anilines is 2. The van der Waals surface area contributed by atoms with Crippen LogP contribution in [0.3, 0.4) is 0 Å². The van der Waals surface area contributed by atoms with Gasteiger partial charge in [-0.15, -0.1) is 0 Å². The van der Waals surface area contributed by atoms with Crippen molar-refractivity contribution in [1.82, 2.24) is 30.3 Å². The van der Waals surface area contributed by atoms with Crippen molar-refractivity contribution < 1.29 is 13.9 Å². The summed E-state index contributed by atoms with van der Waals surface area (Å²) < 4.78 is 21.0. The van der Waals surface area contributed by atoms with Crippen LogP contribution >= 0.6 is 0 Å². The second-order valence-corrected chi connectivity index (χ2v) is 6.49. The van der Waals surface area contributed by atoms with Gasteiger partial charge in [0, 0.05) is 18.3 Å². The van der Waals surface area contributed by atoms with Crippen molar-refractivity contribution in [1.29, 1.82) is 0 Å². The summed E-state index contributed by atoms with van der Waals surface area (Å²) in [6.45, 7) is 0.999. The lowest BCUT2D eigenvalue weighted by Gasteiger charge is -2.17. The fourth-order valence-electron chi connectivity index (χ4n) is 3.52. The van der Waals surface area contributed by atoms with E-state index >= 15 is 0 Å². The van der Waals surface area contributed by atoms with E-state index in [1.54, 1.807) is 35.3 Å². The van der Waals surface area contributed by atoms with Gasteiger partial charge in [0.1, 0.15) is 16.9 Å². The van der Waals surface area contributed by atoms with Crippen LogP contribution in [-0.2, 0) is 6.54 Å². The van der Waals surface area contributed by atoms with Gasteiger partial charge in [-0.3, -0.25) is 19.6 Å². The van der Waals surface area contributed by atoms with Gasteiger partial charge in [0.2, 0.25) is 0 Å². The molecule has 5 rings (SSSR count). The van der Waals surface area contributed by atoms with Gasteiger partial charge in [0.25, 0.3) is 5.91 Å². The first-order chi connectivity index (χ1) is 14.2. The van der Waals surface area contributed by atoms with Crippen LogP contribution in [0.4, 0.5) is 15.8 Å². The normalized spacial score (nSPS) is 13.2. The number of H-pyrrole nitrogens is 1. The summed E-state index contributed by atoms with van der Waals surface area (Å²) in [5.41, 5.74) is 3.82. The number of carbonyl (C=O) groups is 1. The molecule has 3 aromatic heterocycles. The monoisotopic (exact) mass is 393 g/mol. The van der Waals surface area contributed by atoms with Crippen LogP contribution in [0.1, 0.15) is 10.5 Å². The Morgan fingerprint density at radius 3 is 3.07 bits per heavy atom. The lowest BCUT2D eigenvalue weighted by molar-refractivity contribution is 0.0925. The number of hydrogen-bond donors (Lipinski definition) is 3. The molecule has 0 aliphatic carbocycles. The number of rotatable bonds is 4. The number of carbonyl (C=O) groups excluding carboxylic acids is 1. The van der Waals surface area contributed by atoms with Crippen LogP contribution < -0.4 is 15.4 Å². The Hall–Kier alpha value is -3.95. The topological polar surface area (TPSA) is 110 Å². The van der Waals surface area contributed by atoms with Gasteiger partial charge >= 0.3 is 0 Å². The fraction of sp³-hybridized carbons (Fsp3) is 0.158. The first kappa shape index (κ1) is 17.2. The lowest BCUT2D eigenvalue weighted by atomic mass is 10.1. The molecule has 9 nitrogen and oxygen atoms in total. The van der Waals surface area contributed by atoms with Crippen molar-refractivity contribution in [3.63, 3.8) is 0 Å². The molecule has 1 aliphatic heterocycles. The van der Waals surface area contributed by atoms with E-state index in [1.165, 1.54) is 13.2 Å². The molecule has 29 heavy (non-hydrogen) atoms. The summed E-state index contributed by atoms with van der Waals surface area (Å²) in [4.78, 5) is 16.9. The molecular weight excluding hydrogens is 377 g/mol. The minimum atomic E-state index is -0.510. The SMILES string of the molecule is COc1c(F)cccc1Nc1c(-c2ccnc3cn[nH]c23)nn2c1C(=O)NCC2. The summed E-state index contributed by atoms with van der Waals surface area (Å²) in [5.74, 6) is -0.719. The Labute approximate surface area is 163 Å². The molecule has 4 aromatic rings. The zero-order chi connectivity index (χ0) is 20.0. The number of nitrogens with zero attached hydrogens (tertiary/aromatic N) is 4. The van der Waals surface area contributed by atoms with E-state index in [0.717, 1.165) is 5.56 Å². The summed E-state index contributed by atoms with van der Waals surface area (Å²) in [6, 6.07) is 6.34. The number of para-hydroxylation sites is 1. The van der Waals surface area contributed by atoms with Gasteiger partial charge in [-0.25, -0.2) is 4.39 Å². The molecular formula is C19H16FN7O2. The smallest absolute Gasteiger partial charge is 0.271 e. The van der Waals surface area contributed by atoms with E-state index in [2.05, 4.69) is 30.9 Å². The zero-order valence-electron chi connectivity index (χ0n) is 15.4. The highest BCUT2D eigenvalue weighted by atomic mass is 19.1. The Morgan fingerprint density at radius 2 is 2.21 bits per heavy atom. The molecule has 0 saturated carbocycles. The zero-order valence-corrected chi connectivity index (χ0v) is 15.4. The van der Waals surface area contributed by atoms with Crippen molar-refractivity contribution >= 4 is 28.3 Å². The summed E-state index contributed by atoms with van der Waals surface area (Å²) >= 11 is 0. The lowest BCUT2D eigenvalue weighted by Crippen LogP contribution is -2.35. The number of aromatic nitrogens is 5. The van der Waals surface area contributed by atoms with E-state index in [0.29, 0.717) is 46.9 Å². The number of pyridine rings is 1. The van der Waals surface area contributed by atoms with Crippen molar-refractivity contribution in [3.05, 3.63) is 48.2 Å². The first-order valence-electron chi connectivity index (χ1n) is 8.94. The number of amides is 1. The minimum Gasteiger partial charge on any atom is -0.492 e. The Balaban J connectivity index is 1.74. The van der Waals surface area contributed by atoms with Gasteiger partial charge in [0.15, 0.2) is 11.6 Å². The quantitative estimate of drug-likeness (QED) is 0.491. The van der Waals surface area contributed by atoms with Crippen molar-refractivity contribution in [2.45, 2.75) is 6.54 Å². The van der Waals surface area contributed by atoms with Crippen LogP contribution in [0.2, 0.25) is 0 Å². The second kappa shape index (κ2) is 6.59. The molecule has 4 heterocycles. The molecule has 1 amide bonds. The number of nitrogens with one attached hydrogen (secondary N) is 3. The molecule has 146 valence electrons. The van der Waals surface area contributed by atoms with Gasteiger partial charge < -0.3 is 15.4 Å². The molecule has 0 radical (unpaired) electrons. The maximum atomic E-state index is 14.2. The van der Waals surface area contributed by atoms with Gasteiger partial charge in [-0.05, 0) is 18.2 Å². The minimum absolute atomic E-state index is 0.0519. The van der Waals surface area contributed by atoms with E-state index in [1.807, 2.05) is 0 Å². The molecule has 0 spiro atoms. The van der Waals surface area contributed by atoms with Crippen molar-refractivity contribution in [2.75, 3.05) is 19.0 Å². The maximum absolute atomic E-state index is 14.2. The van der Waals surface area contributed by atoms with Gasteiger partial charge in [-0.2, -0.15) is 10.2 Å². The molecule has 0 bridgehead atoms. The van der Waals surface area contributed by atoms with Crippen molar-refractivity contribution in [3.8, 4) is 17.0 Å². The number of aromatic amines is 1. The number of hydrogen-bond acceptors (Lipinski definition) is 6. The molecule has 1 aliphatic rings. The Kier molecular flexibility index (Phi) is 3.90. The fourth-order valence-corrected chi connectivity index (χ4v) is 3.52. The first-order valence-corrected chi connectivity index (χ1v) is 8.94. The Bertz CT molecular complexity index is 1250. The standard InChI is InChI=1S/C19H16FN7O2/c1-29-18-11(20)3-2-4-12(18)24-16-15(26-27-8-7-22-19(28)17(16)27)10-5-6-21-13-9-23-25-14(10)13/h2-6,9,24H,7-8H2,1H3,(H,22,28)(H,23,25). The average molecular weight is 393 g/mol. The molecule has 0 fully saturated rings. The van der Waals surface area contributed by atoms with Crippen LogP contribution in [0.5, 0.6) is 5.75 Å². The van der Waals surface area contributed by atoms with E-state index in [-0.39, 0.29) is 11.7 Å². The summed E-state index contributed by atoms with van der Waals surface area (Å²) in [5, 5.41) is 17.6. The highest BCUT2D eigenvalue weighted by molar-refractivity contribution is 6.05. The maximum Gasteiger partial charge on any atom is 0.271 e. The molecule has 1 aromatic carbocycles. The van der Waals surface area contributed by atoms with E-state index < -0.39 is 5.82 Å². The molecule has 3 N–H and O–H groups in total. The summed E-state index contributed by atoms with van der Waals surface area (Å²) in [6.07, 6.45) is 3.27. The second-order valence-electron chi connectivity index (χ2n) is 6.49. The highest BCUT2D eigenvalue weighted by Crippen LogP contribution is 2.38. The van der Waals surface area contributed by atoms with Gasteiger partial charge in [0.05, 0.1) is 36.7 Å². The summed E-state index contributed by atoms with van der Waals surface area (Å²) in [7, 11) is 1.39. The third kappa shape index (κ3) is 2.68. The third-order valence-corrected chi connectivity index (χ3v) is 4.81. The molecule has 10 heteroatoms. The van der Waals surface area contributed by atoms with Crippen LogP contribution in [0, 0.1) is 5.82 Å². The van der Waals surface area contributed by atoms with Crippen LogP contribution in [0.25, 0.3) is 22.3 Å². The Morgan fingerprint density at radius 1 is 1.31 bits per heavy atom. The van der Waals surface area contributed by atoms with Gasteiger partial charge in [-0.1, -0.05) is 6.07 Å². The van der Waals surface area contributed by atoms with Crippen molar-refractivity contribution in [2.24, 2.45) is 0 Å². The number of fused-ring (bicyclic) bond motifs is 2. The predicted octanol–water partition coefficient (Wildman–Crippen LogP) is 2.46. The van der Waals surface area contributed by atoms with Crippen LogP contribution in [0.15, 0.2) is 36.7 Å². The number of ether oxygens (including phenoxy) is 1. The highest BCUT2D eigenvalue weighted by Gasteiger charge is 2.29. The third-order valence-electron chi connectivity index (χ3n) is 4.81. The average Bonchev–Trinajstić information content (AvgIpc) is 3.34. The number of halogens is 1. The molecule has 0 atom stereocenters. The van der Waals surface area contributed by atoms with Crippen LogP contribution in [-0.4, -0.2) is 44.5 Å². The van der Waals surface area contributed by atoms with E-state index in [4.69, 9.17) is 4.74 Å². The van der Waals surface area contributed by atoms with E-state index in [9.17, 15) is 9.18 Å². The predicted molar refractivity (Wildman–Crippen MR) is 104 cm³/mol. The molecule has 0 saturated heterocycles. The number of benzene rings is 1. The number of methoxy groups -OCH3 is 1. The molecule has 0 unspecified atom stereocenters.